The van der Waals surface area contributed by atoms with Gasteiger partial charge in [0.2, 0.25) is 0 Å². The average molecular weight is 252 g/mol. The predicted molar refractivity (Wildman–Crippen MR) is 73.5 cm³/mol. The van der Waals surface area contributed by atoms with Crippen molar-refractivity contribution in [1.29, 1.82) is 0 Å². The van der Waals surface area contributed by atoms with Gasteiger partial charge in [0.15, 0.2) is 0 Å². The van der Waals surface area contributed by atoms with Gasteiger partial charge in [-0.3, -0.25) is 9.48 Å². The summed E-state index contributed by atoms with van der Waals surface area (Å²) in [5.41, 5.74) is 7.57. The Hall–Kier alpha value is -1.52. The third kappa shape index (κ3) is 3.48. The molecule has 0 spiro atoms. The molecule has 0 radical (unpaired) electrons. The zero-order valence-electron chi connectivity index (χ0n) is 11.8. The molecule has 18 heavy (non-hydrogen) atoms. The summed E-state index contributed by atoms with van der Waals surface area (Å²) in [7, 11) is 0. The first-order chi connectivity index (χ1) is 8.47. The van der Waals surface area contributed by atoms with Crippen molar-refractivity contribution in [3.8, 4) is 0 Å². The molecular weight excluding hydrogens is 228 g/mol. The Labute approximate surface area is 109 Å². The summed E-state index contributed by atoms with van der Waals surface area (Å²) >= 11 is 0. The molecule has 0 aliphatic carbocycles. The molecule has 1 aromatic heterocycles. The lowest BCUT2D eigenvalue weighted by molar-refractivity contribution is 0.0943. The second-order valence-corrected chi connectivity index (χ2v) is 4.96. The first kappa shape index (κ1) is 14.5. The second kappa shape index (κ2) is 6.42. The van der Waals surface area contributed by atoms with Crippen LogP contribution in [0.25, 0.3) is 0 Å². The largest absolute Gasteiger partial charge is 0.395 e. The van der Waals surface area contributed by atoms with Crippen LogP contribution in [-0.4, -0.2) is 22.2 Å². The van der Waals surface area contributed by atoms with E-state index in [1.165, 1.54) is 0 Å². The average Bonchev–Trinajstić information content (AvgIpc) is 2.60. The third-order valence-corrected chi connectivity index (χ3v) is 2.93. The summed E-state index contributed by atoms with van der Waals surface area (Å²) in [6.07, 6.45) is 2.10. The Balaban J connectivity index is 2.61. The van der Waals surface area contributed by atoms with Crippen LogP contribution in [0.3, 0.4) is 0 Å². The van der Waals surface area contributed by atoms with Gasteiger partial charge in [0.05, 0.1) is 11.4 Å². The Bertz CT molecular complexity index is 409. The highest BCUT2D eigenvalue weighted by Crippen LogP contribution is 2.16. The number of carbonyl (C=O) groups excluding carboxylic acids is 1. The van der Waals surface area contributed by atoms with Crippen LogP contribution in [0.5, 0.6) is 0 Å². The molecule has 5 nitrogen and oxygen atoms in total. The highest BCUT2D eigenvalue weighted by molar-refractivity contribution is 5.97. The molecule has 1 heterocycles. The van der Waals surface area contributed by atoms with Gasteiger partial charge in [0, 0.05) is 13.1 Å². The molecule has 1 amide bonds. The predicted octanol–water partition coefficient (Wildman–Crippen LogP) is 1.96. The molecule has 102 valence electrons. The van der Waals surface area contributed by atoms with Gasteiger partial charge in [0.25, 0.3) is 5.91 Å². The van der Waals surface area contributed by atoms with Crippen LogP contribution in [0.4, 0.5) is 5.69 Å². The highest BCUT2D eigenvalue weighted by Gasteiger charge is 2.18. The van der Waals surface area contributed by atoms with Crippen molar-refractivity contribution < 1.29 is 4.79 Å². The van der Waals surface area contributed by atoms with Crippen LogP contribution < -0.4 is 11.1 Å². The summed E-state index contributed by atoms with van der Waals surface area (Å²) in [6.45, 7) is 9.44. The van der Waals surface area contributed by atoms with E-state index in [9.17, 15) is 4.79 Å². The molecular formula is C13H24N4O. The van der Waals surface area contributed by atoms with Gasteiger partial charge in [-0.25, -0.2) is 0 Å². The Kier molecular flexibility index (Phi) is 5.19. The van der Waals surface area contributed by atoms with E-state index in [-0.39, 0.29) is 5.91 Å². The molecule has 3 N–H and O–H groups in total. The Morgan fingerprint density at radius 2 is 2.17 bits per heavy atom. The van der Waals surface area contributed by atoms with Crippen molar-refractivity contribution >= 4 is 11.6 Å². The van der Waals surface area contributed by atoms with Crippen molar-refractivity contribution in [2.45, 2.75) is 47.1 Å². The molecule has 0 aromatic carbocycles. The monoisotopic (exact) mass is 252 g/mol. The smallest absolute Gasteiger partial charge is 0.271 e. The maximum Gasteiger partial charge on any atom is 0.271 e. The van der Waals surface area contributed by atoms with E-state index >= 15 is 0 Å². The Morgan fingerprint density at radius 3 is 2.72 bits per heavy atom. The minimum Gasteiger partial charge on any atom is -0.395 e. The minimum absolute atomic E-state index is 0.126. The summed E-state index contributed by atoms with van der Waals surface area (Å²) in [5, 5.41) is 7.14. The van der Waals surface area contributed by atoms with E-state index in [0.717, 1.165) is 12.8 Å². The maximum absolute atomic E-state index is 12.1. The summed E-state index contributed by atoms with van der Waals surface area (Å²) in [4.78, 5) is 12.1. The van der Waals surface area contributed by atoms with Gasteiger partial charge in [-0.15, -0.1) is 0 Å². The molecule has 0 fully saturated rings. The van der Waals surface area contributed by atoms with Crippen LogP contribution in [-0.2, 0) is 6.54 Å². The zero-order chi connectivity index (χ0) is 13.7. The van der Waals surface area contributed by atoms with E-state index in [1.807, 2.05) is 13.8 Å². The lowest BCUT2D eigenvalue weighted by Crippen LogP contribution is -2.28. The highest BCUT2D eigenvalue weighted by atomic mass is 16.2. The fraction of sp³-hybridized carbons (Fsp3) is 0.692. The topological polar surface area (TPSA) is 72.9 Å². The number of nitrogens with one attached hydrogen (secondary N) is 1. The lowest BCUT2D eigenvalue weighted by atomic mass is 10.1. The first-order valence-electron chi connectivity index (χ1n) is 6.58. The van der Waals surface area contributed by atoms with Crippen molar-refractivity contribution in [3.63, 3.8) is 0 Å². The van der Waals surface area contributed by atoms with Gasteiger partial charge in [-0.1, -0.05) is 13.8 Å². The van der Waals surface area contributed by atoms with Crippen LogP contribution in [0.2, 0.25) is 0 Å². The lowest BCUT2D eigenvalue weighted by Gasteiger charge is -2.08. The molecule has 5 heteroatoms. The normalized spacial score (nSPS) is 10.9. The summed E-state index contributed by atoms with van der Waals surface area (Å²) in [5.74, 6) is 0.536. The van der Waals surface area contributed by atoms with Gasteiger partial charge in [-0.2, -0.15) is 5.10 Å². The number of hydrogen-bond acceptors (Lipinski definition) is 3. The fourth-order valence-electron chi connectivity index (χ4n) is 1.86. The van der Waals surface area contributed by atoms with Crippen molar-refractivity contribution in [1.82, 2.24) is 15.1 Å². The van der Waals surface area contributed by atoms with Gasteiger partial charge in [-0.05, 0) is 32.6 Å². The molecule has 1 aromatic rings. The first-order valence-corrected chi connectivity index (χ1v) is 6.58. The Morgan fingerprint density at radius 1 is 1.50 bits per heavy atom. The van der Waals surface area contributed by atoms with Crippen LogP contribution in [0, 0.1) is 12.8 Å². The van der Waals surface area contributed by atoms with E-state index in [4.69, 9.17) is 5.73 Å². The number of nitrogens with two attached hydrogens (primary N) is 1. The molecule has 0 atom stereocenters. The molecule has 0 aliphatic rings. The number of anilines is 1. The molecule has 1 rings (SSSR count). The molecule has 0 bridgehead atoms. The number of aromatic nitrogens is 2. The zero-order valence-corrected chi connectivity index (χ0v) is 11.8. The van der Waals surface area contributed by atoms with Gasteiger partial charge >= 0.3 is 0 Å². The van der Waals surface area contributed by atoms with Crippen LogP contribution in [0.1, 0.15) is 49.8 Å². The molecule has 0 saturated carbocycles. The second-order valence-electron chi connectivity index (χ2n) is 4.96. The van der Waals surface area contributed by atoms with Crippen molar-refractivity contribution in [2.24, 2.45) is 5.92 Å². The van der Waals surface area contributed by atoms with Gasteiger partial charge in [0.1, 0.15) is 5.69 Å². The van der Waals surface area contributed by atoms with E-state index in [2.05, 4.69) is 24.3 Å². The van der Waals surface area contributed by atoms with E-state index in [0.29, 0.717) is 36.1 Å². The van der Waals surface area contributed by atoms with Crippen molar-refractivity contribution in [2.75, 3.05) is 12.3 Å². The number of amides is 1. The number of nitrogen functional groups attached to an aromatic ring is 1. The molecule has 0 aliphatic heterocycles. The summed E-state index contributed by atoms with van der Waals surface area (Å²) < 4.78 is 1.66. The van der Waals surface area contributed by atoms with Crippen LogP contribution in [0.15, 0.2) is 0 Å². The minimum atomic E-state index is -0.126. The molecule has 0 unspecified atom stereocenters. The van der Waals surface area contributed by atoms with Gasteiger partial charge < -0.3 is 11.1 Å². The quantitative estimate of drug-likeness (QED) is 0.760. The number of rotatable bonds is 6. The van der Waals surface area contributed by atoms with Crippen LogP contribution >= 0.6 is 0 Å². The van der Waals surface area contributed by atoms with E-state index in [1.54, 1.807) is 4.68 Å². The number of carbonyl (C=O) groups is 1. The molecule has 0 saturated heterocycles. The maximum atomic E-state index is 12.1. The number of nitrogens with zero attached hydrogens (tertiary/aromatic N) is 2. The van der Waals surface area contributed by atoms with E-state index < -0.39 is 0 Å². The van der Waals surface area contributed by atoms with Crippen molar-refractivity contribution in [3.05, 3.63) is 11.4 Å². The number of aryl methyl sites for hydroxylation is 2. The SMILES string of the molecule is CCn1nc(C)c(N)c1C(=O)NCCCC(C)C. The third-order valence-electron chi connectivity index (χ3n) is 2.93. The fourth-order valence-corrected chi connectivity index (χ4v) is 1.86. The standard InChI is InChI=1S/C13H24N4O/c1-5-17-12(11(14)10(4)16-17)13(18)15-8-6-7-9(2)3/h9H,5-8,14H2,1-4H3,(H,15,18). The number of hydrogen-bond donors (Lipinski definition) is 2. The summed E-state index contributed by atoms with van der Waals surface area (Å²) in [6, 6.07) is 0.